The van der Waals surface area contributed by atoms with Crippen LogP contribution in [-0.2, 0) is 21.3 Å². The predicted octanol–water partition coefficient (Wildman–Crippen LogP) is 2.71. The van der Waals surface area contributed by atoms with Gasteiger partial charge in [0.2, 0.25) is 21.7 Å². The molecule has 0 spiro atoms. The van der Waals surface area contributed by atoms with Gasteiger partial charge in [-0.05, 0) is 55.8 Å². The Kier molecular flexibility index (Phi) is 6.48. The fraction of sp³-hybridized carbons (Fsp3) is 0.250. The predicted molar refractivity (Wildman–Crippen MR) is 107 cm³/mol. The van der Waals surface area contributed by atoms with E-state index in [0.29, 0.717) is 23.6 Å². The molecule has 0 aliphatic heterocycles. The molecule has 30 heavy (non-hydrogen) atoms. The van der Waals surface area contributed by atoms with Crippen LogP contribution in [0.25, 0.3) is 11.4 Å². The molecule has 0 radical (unpaired) electrons. The van der Waals surface area contributed by atoms with Crippen LogP contribution in [0, 0.1) is 6.92 Å². The highest BCUT2D eigenvalue weighted by Gasteiger charge is 2.19. The zero-order chi connectivity index (χ0) is 21.7. The lowest BCUT2D eigenvalue weighted by Crippen LogP contribution is -2.24. The van der Waals surface area contributed by atoms with Gasteiger partial charge in [0.05, 0.1) is 30.7 Å². The molecular weight excluding hydrogens is 410 g/mol. The van der Waals surface area contributed by atoms with Crippen LogP contribution in [0.1, 0.15) is 28.7 Å². The van der Waals surface area contributed by atoms with Gasteiger partial charge < -0.3 is 14.0 Å². The molecular formula is C20H21N3O6S. The summed E-state index contributed by atoms with van der Waals surface area (Å²) in [5, 5.41) is 3.87. The van der Waals surface area contributed by atoms with Crippen molar-refractivity contribution in [2.24, 2.45) is 0 Å². The fourth-order valence-electron chi connectivity index (χ4n) is 2.65. The first-order valence-corrected chi connectivity index (χ1v) is 10.6. The van der Waals surface area contributed by atoms with E-state index in [1.165, 1.54) is 25.3 Å². The lowest BCUT2D eigenvalue weighted by atomic mass is 10.1. The molecule has 0 bridgehead atoms. The topological polar surface area (TPSA) is 121 Å². The lowest BCUT2D eigenvalue weighted by Gasteiger charge is -2.08. The molecule has 3 aromatic rings. The van der Waals surface area contributed by atoms with Gasteiger partial charge in [0, 0.05) is 5.56 Å². The highest BCUT2D eigenvalue weighted by atomic mass is 32.2. The third-order valence-electron chi connectivity index (χ3n) is 4.23. The molecule has 0 fully saturated rings. The quantitative estimate of drug-likeness (QED) is 0.541. The summed E-state index contributed by atoms with van der Waals surface area (Å²) in [6.07, 6.45) is 0. The number of hydrogen-bond acceptors (Lipinski definition) is 8. The smallest absolute Gasteiger partial charge is 0.338 e. The number of nitrogens with one attached hydrogen (secondary N) is 1. The van der Waals surface area contributed by atoms with E-state index in [4.69, 9.17) is 9.26 Å². The van der Waals surface area contributed by atoms with Gasteiger partial charge in [0.1, 0.15) is 5.75 Å². The van der Waals surface area contributed by atoms with Crippen LogP contribution < -0.4 is 9.46 Å². The zero-order valence-electron chi connectivity index (χ0n) is 16.7. The van der Waals surface area contributed by atoms with Gasteiger partial charge in [0.15, 0.2) is 0 Å². The molecule has 0 aliphatic rings. The number of sulfonamides is 1. The molecule has 0 atom stereocenters. The van der Waals surface area contributed by atoms with Crippen molar-refractivity contribution in [3.05, 3.63) is 59.5 Å². The van der Waals surface area contributed by atoms with E-state index < -0.39 is 16.0 Å². The van der Waals surface area contributed by atoms with E-state index in [1.807, 2.05) is 6.92 Å². The Hall–Kier alpha value is -3.24. The van der Waals surface area contributed by atoms with E-state index in [-0.39, 0.29) is 22.9 Å². The van der Waals surface area contributed by atoms with Gasteiger partial charge in [0.25, 0.3) is 0 Å². The van der Waals surface area contributed by atoms with Crippen molar-refractivity contribution < 1.29 is 27.2 Å². The van der Waals surface area contributed by atoms with Gasteiger partial charge in [-0.2, -0.15) is 4.98 Å². The molecule has 0 aliphatic carbocycles. The van der Waals surface area contributed by atoms with Crippen LogP contribution in [0.2, 0.25) is 0 Å². The molecule has 0 unspecified atom stereocenters. The van der Waals surface area contributed by atoms with Gasteiger partial charge >= 0.3 is 5.97 Å². The molecule has 0 saturated heterocycles. The summed E-state index contributed by atoms with van der Waals surface area (Å²) < 4.78 is 42.8. The third-order valence-corrected chi connectivity index (χ3v) is 5.63. The number of nitrogens with zero attached hydrogens (tertiary/aromatic N) is 2. The Balaban J connectivity index is 1.72. The monoisotopic (exact) mass is 431 g/mol. The van der Waals surface area contributed by atoms with Crippen molar-refractivity contribution in [3.8, 4) is 17.1 Å². The summed E-state index contributed by atoms with van der Waals surface area (Å²) >= 11 is 0. The maximum absolute atomic E-state index is 12.6. The summed E-state index contributed by atoms with van der Waals surface area (Å²) in [7, 11) is -2.67. The standard InChI is InChI=1S/C20H21N3O6S/c1-4-28-15-8-6-14(7-9-15)19-22-18(29-23-19)12-21-30(25,26)16-10-5-13(2)17(11-16)20(24)27-3/h5-11,21H,4,12H2,1-3H3. The van der Waals surface area contributed by atoms with Crippen molar-refractivity contribution in [1.82, 2.24) is 14.9 Å². The number of hydrogen-bond donors (Lipinski definition) is 1. The molecule has 1 N–H and O–H groups in total. The van der Waals surface area contributed by atoms with Crippen LogP contribution in [0.15, 0.2) is 51.9 Å². The van der Waals surface area contributed by atoms with E-state index in [1.54, 1.807) is 31.2 Å². The van der Waals surface area contributed by atoms with Crippen molar-refractivity contribution in [1.29, 1.82) is 0 Å². The summed E-state index contributed by atoms with van der Waals surface area (Å²) in [6, 6.07) is 11.3. The second-order valence-corrected chi connectivity index (χ2v) is 8.03. The largest absolute Gasteiger partial charge is 0.494 e. The Bertz CT molecular complexity index is 1140. The molecule has 2 aromatic carbocycles. The van der Waals surface area contributed by atoms with E-state index in [0.717, 1.165) is 5.75 Å². The lowest BCUT2D eigenvalue weighted by molar-refractivity contribution is 0.0599. The number of aromatic nitrogens is 2. The van der Waals surface area contributed by atoms with Crippen molar-refractivity contribution in [3.63, 3.8) is 0 Å². The maximum Gasteiger partial charge on any atom is 0.338 e. The Morgan fingerprint density at radius 1 is 1.17 bits per heavy atom. The fourth-order valence-corrected chi connectivity index (χ4v) is 3.65. The van der Waals surface area contributed by atoms with Crippen LogP contribution >= 0.6 is 0 Å². The molecule has 1 heterocycles. The number of benzene rings is 2. The first-order valence-electron chi connectivity index (χ1n) is 9.08. The van der Waals surface area contributed by atoms with Gasteiger partial charge in [-0.15, -0.1) is 0 Å². The molecule has 9 nitrogen and oxygen atoms in total. The third kappa shape index (κ3) is 4.84. The number of carbonyl (C=O) groups excluding carboxylic acids is 1. The first-order chi connectivity index (χ1) is 14.3. The van der Waals surface area contributed by atoms with E-state index in [2.05, 4.69) is 19.6 Å². The van der Waals surface area contributed by atoms with Crippen LogP contribution in [0.3, 0.4) is 0 Å². The minimum Gasteiger partial charge on any atom is -0.494 e. The number of aryl methyl sites for hydroxylation is 1. The van der Waals surface area contributed by atoms with Gasteiger partial charge in [-0.1, -0.05) is 11.2 Å². The molecule has 10 heteroatoms. The van der Waals surface area contributed by atoms with Crippen molar-refractivity contribution in [2.75, 3.05) is 13.7 Å². The average molecular weight is 431 g/mol. The van der Waals surface area contributed by atoms with E-state index >= 15 is 0 Å². The van der Waals surface area contributed by atoms with Crippen molar-refractivity contribution in [2.45, 2.75) is 25.3 Å². The average Bonchev–Trinajstić information content (AvgIpc) is 3.22. The van der Waals surface area contributed by atoms with Crippen LogP contribution in [-0.4, -0.2) is 38.2 Å². The minimum atomic E-state index is -3.91. The van der Waals surface area contributed by atoms with E-state index in [9.17, 15) is 13.2 Å². The summed E-state index contributed by atoms with van der Waals surface area (Å²) in [5.74, 6) is 0.543. The maximum atomic E-state index is 12.6. The number of esters is 1. The number of ether oxygens (including phenoxy) is 2. The van der Waals surface area contributed by atoms with Crippen molar-refractivity contribution >= 4 is 16.0 Å². The summed E-state index contributed by atoms with van der Waals surface area (Å²) in [5.41, 5.74) is 1.49. The molecule has 158 valence electrons. The Morgan fingerprint density at radius 2 is 1.90 bits per heavy atom. The second-order valence-electron chi connectivity index (χ2n) is 6.26. The Morgan fingerprint density at radius 3 is 2.57 bits per heavy atom. The molecule has 0 saturated carbocycles. The second kappa shape index (κ2) is 9.06. The summed E-state index contributed by atoms with van der Waals surface area (Å²) in [6.45, 7) is 3.95. The highest BCUT2D eigenvalue weighted by Crippen LogP contribution is 2.21. The molecule has 3 rings (SSSR count). The van der Waals surface area contributed by atoms with Crippen LogP contribution in [0.4, 0.5) is 0 Å². The molecule has 0 amide bonds. The highest BCUT2D eigenvalue weighted by molar-refractivity contribution is 7.89. The number of rotatable bonds is 8. The number of carbonyl (C=O) groups is 1. The Labute approximate surface area is 174 Å². The van der Waals surface area contributed by atoms with Gasteiger partial charge in [-0.25, -0.2) is 17.9 Å². The number of methoxy groups -OCH3 is 1. The molecule has 1 aromatic heterocycles. The zero-order valence-corrected chi connectivity index (χ0v) is 17.5. The van der Waals surface area contributed by atoms with Crippen LogP contribution in [0.5, 0.6) is 5.75 Å². The minimum absolute atomic E-state index is 0.0697. The summed E-state index contributed by atoms with van der Waals surface area (Å²) in [4.78, 5) is 15.9. The SMILES string of the molecule is CCOc1ccc(-c2noc(CNS(=O)(=O)c3ccc(C)c(C(=O)OC)c3)n2)cc1. The first kappa shape index (κ1) is 21.5. The van der Waals surface area contributed by atoms with Gasteiger partial charge in [-0.3, -0.25) is 0 Å². The normalized spacial score (nSPS) is 11.3.